The second-order valence-corrected chi connectivity index (χ2v) is 16.1. The molecule has 0 atom stereocenters. The van der Waals surface area contributed by atoms with Crippen molar-refractivity contribution in [2.45, 2.75) is 69.9 Å². The standard InChI is InChI=1S/C32H12BF24.C6H18B3N3.3CO.Mn/c34-25(35,36)13-1-14(26(37,38)39)6-21(5-13)33(22-7-15(27(40,41)42)2-16(8-22)28(43,44)45,23-9-17(29(46,47)48)3-18(10-23)30(49,50)51)24-11-19(31(52,53)54)4-20(12-24)32(55,56)57;1-7-10(4)8(2)12(6)9(3)11(7)5;3*1-2;/h1-12H;1-6H3;;;;/q-1;;;;;. The van der Waals surface area contributed by atoms with Gasteiger partial charge in [0.15, 0.2) is 0 Å². The number of nitrogens with zero attached hydrogens (tertiary/aromatic N) is 3. The predicted molar refractivity (Wildman–Crippen MR) is 220 cm³/mol. The fraction of sp³-hybridized carbons (Fsp3) is 0.341. The maximum absolute atomic E-state index is 14.2. The summed E-state index contributed by atoms with van der Waals surface area (Å²) in [4.78, 5) is 0. The zero-order valence-corrected chi connectivity index (χ0v) is 39.9. The van der Waals surface area contributed by atoms with E-state index in [2.05, 4.69) is 75.7 Å². The van der Waals surface area contributed by atoms with E-state index in [4.69, 9.17) is 14.0 Å². The monoisotopic (exact) mass is 1170 g/mol. The average Bonchev–Trinajstić information content (AvgIpc) is 3.29. The second-order valence-electron chi connectivity index (χ2n) is 16.1. The minimum Gasteiger partial charge on any atom is 0 e. The Morgan fingerprint density at radius 2 is 0.395 bits per heavy atom. The van der Waals surface area contributed by atoms with E-state index in [0.717, 1.165) is 0 Å². The van der Waals surface area contributed by atoms with Crippen LogP contribution in [0.4, 0.5) is 105 Å². The molecule has 0 N–H and O–H groups in total. The molecule has 0 unspecified atom stereocenters. The molecule has 1 radical (unpaired) electrons. The molecule has 4 aromatic carbocycles. The van der Waals surface area contributed by atoms with Gasteiger partial charge < -0.3 is 14.2 Å². The second kappa shape index (κ2) is 25.3. The zero-order chi connectivity index (χ0) is 59.4. The molecule has 76 heavy (non-hydrogen) atoms. The van der Waals surface area contributed by atoms with Crippen LogP contribution in [0.3, 0.4) is 0 Å². The van der Waals surface area contributed by atoms with Crippen molar-refractivity contribution >= 4 is 48.9 Å². The minimum absolute atomic E-state index is 0. The van der Waals surface area contributed by atoms with Crippen LogP contribution in [0, 0.1) is 20.0 Å². The van der Waals surface area contributed by atoms with Crippen molar-refractivity contribution < 1.29 is 136 Å². The van der Waals surface area contributed by atoms with Gasteiger partial charge in [-0.1, -0.05) is 69.0 Å². The van der Waals surface area contributed by atoms with E-state index in [1.807, 2.05) is 0 Å². The summed E-state index contributed by atoms with van der Waals surface area (Å²) in [5.41, 5.74) is -30.2. The van der Waals surface area contributed by atoms with Crippen LogP contribution >= 0.6 is 0 Å². The Labute approximate surface area is 427 Å². The van der Waals surface area contributed by atoms with Crippen molar-refractivity contribution in [2.24, 2.45) is 0 Å². The van der Waals surface area contributed by atoms with Crippen LogP contribution in [0.2, 0.25) is 20.5 Å². The van der Waals surface area contributed by atoms with Crippen molar-refractivity contribution in [3.05, 3.63) is 137 Å². The van der Waals surface area contributed by atoms with Gasteiger partial charge in [0, 0.05) is 17.1 Å². The molecule has 5 rings (SSSR count). The summed E-state index contributed by atoms with van der Waals surface area (Å²) < 4.78 is 370. The topological polar surface area (TPSA) is 69.4 Å². The smallest absolute Gasteiger partial charge is 0 e. The maximum atomic E-state index is 14.2. The van der Waals surface area contributed by atoms with Gasteiger partial charge in [-0.15, -0.1) is 0 Å². The van der Waals surface area contributed by atoms with Gasteiger partial charge in [0.1, 0.15) is 6.15 Å². The summed E-state index contributed by atoms with van der Waals surface area (Å²) in [7, 11) is 6.52. The van der Waals surface area contributed by atoms with E-state index >= 15 is 0 Å². The van der Waals surface area contributed by atoms with E-state index < -0.39 is 195 Å². The first-order valence-corrected chi connectivity index (χ1v) is 19.9. The third kappa shape index (κ3) is 16.6. The summed E-state index contributed by atoms with van der Waals surface area (Å²) in [6.45, 7) is 21.9. The number of benzene rings is 4. The first-order chi connectivity index (χ1) is 33.7. The van der Waals surface area contributed by atoms with Gasteiger partial charge in [0.2, 0.25) is 0 Å². The third-order valence-corrected chi connectivity index (χ3v) is 12.0. The number of alkyl halides is 24. The van der Waals surface area contributed by atoms with Crippen molar-refractivity contribution in [3.8, 4) is 0 Å². The summed E-state index contributed by atoms with van der Waals surface area (Å²) >= 11 is 0. The third-order valence-electron chi connectivity index (χ3n) is 12.0. The molecular weight excluding hydrogens is 1140 g/mol. The van der Waals surface area contributed by atoms with Gasteiger partial charge >= 0.3 is 83.3 Å². The first-order valence-electron chi connectivity index (χ1n) is 19.9. The Balaban J connectivity index is 0.00000254. The molecule has 6 nitrogen and oxygen atoms in total. The average molecular weight is 1170 g/mol. The number of rotatable bonds is 4. The molecule has 0 spiro atoms. The molecule has 1 fully saturated rings. The Morgan fingerprint density at radius 1 is 0.289 bits per heavy atom. The van der Waals surface area contributed by atoms with Crippen molar-refractivity contribution in [1.82, 2.24) is 14.2 Å². The van der Waals surface area contributed by atoms with Crippen molar-refractivity contribution in [3.63, 3.8) is 0 Å². The van der Waals surface area contributed by atoms with E-state index in [1.54, 1.807) is 0 Å². The molecular formula is C41H30B4F24MnN3O3-. The molecule has 1 heterocycles. The van der Waals surface area contributed by atoms with Crippen LogP contribution in [0.5, 0.6) is 0 Å². The number of hydrogen-bond donors (Lipinski definition) is 0. The van der Waals surface area contributed by atoms with Gasteiger partial charge in [0.25, 0.3) is 20.9 Å². The predicted octanol–water partition coefficient (Wildman–Crippen LogP) is 11.2. The Kier molecular flexibility index (Phi) is 23.6. The SMILES string of the molecule is CB1N(C)B(C)N(C)B(C)N1C.FC(F)(F)c1cc([B-](c2cc(C(F)(F)F)cc(C(F)(F)F)c2)(c2cc(C(F)(F)F)cc(C(F)(F)F)c2)c2cc(C(F)(F)F)cc(C(F)(F)F)c2)cc(C(F)(F)F)c1.[C-]#[O+].[C-]#[O+].[C-]#[O+].[Mn]. The summed E-state index contributed by atoms with van der Waals surface area (Å²) in [5.74, 6) is 0. The Morgan fingerprint density at radius 3 is 0.487 bits per heavy atom. The van der Waals surface area contributed by atoms with Gasteiger partial charge in [-0.3, -0.25) is 0 Å². The fourth-order valence-electron chi connectivity index (χ4n) is 7.87. The van der Waals surface area contributed by atoms with Crippen LogP contribution in [-0.2, 0) is 80.4 Å². The van der Waals surface area contributed by atoms with E-state index in [1.165, 1.54) is 0 Å². The van der Waals surface area contributed by atoms with Crippen molar-refractivity contribution in [1.29, 1.82) is 0 Å². The van der Waals surface area contributed by atoms with Crippen LogP contribution in [-0.4, -0.2) is 62.4 Å². The van der Waals surface area contributed by atoms with Gasteiger partial charge in [-0.05, 0) is 45.4 Å². The molecule has 0 aromatic heterocycles. The molecule has 415 valence electrons. The normalized spacial score (nSPS) is 14.6. The molecule has 0 saturated carbocycles. The molecule has 1 aliphatic heterocycles. The van der Waals surface area contributed by atoms with Gasteiger partial charge in [-0.25, -0.2) is 0 Å². The van der Waals surface area contributed by atoms with Crippen LogP contribution < -0.4 is 21.9 Å². The Hall–Kier alpha value is -4.92. The van der Waals surface area contributed by atoms with Gasteiger partial charge in [-0.2, -0.15) is 127 Å². The first kappa shape index (κ1) is 71.1. The maximum Gasteiger partial charge on any atom is 0 e. The molecule has 1 saturated heterocycles. The largest absolute Gasteiger partial charge is 0 e. The zero-order valence-electron chi connectivity index (χ0n) is 38.8. The fourth-order valence-corrected chi connectivity index (χ4v) is 7.87. The molecule has 4 aromatic rings. The summed E-state index contributed by atoms with van der Waals surface area (Å²) in [6.07, 6.45) is -54.8. The molecule has 0 aliphatic carbocycles. The van der Waals surface area contributed by atoms with Crippen LogP contribution in [0.1, 0.15) is 44.5 Å². The van der Waals surface area contributed by atoms with Crippen LogP contribution in [0.15, 0.2) is 72.8 Å². The number of hydrogen-bond acceptors (Lipinski definition) is 3. The quantitative estimate of drug-likeness (QED) is 0.0885. The van der Waals surface area contributed by atoms with E-state index in [0.29, 0.717) is 20.9 Å². The van der Waals surface area contributed by atoms with Crippen molar-refractivity contribution in [2.75, 3.05) is 21.1 Å². The Bertz CT molecular complexity index is 2150. The van der Waals surface area contributed by atoms with E-state index in [9.17, 15) is 105 Å². The molecule has 0 bridgehead atoms. The van der Waals surface area contributed by atoms with Crippen LogP contribution in [0.25, 0.3) is 0 Å². The molecule has 0 amide bonds. The van der Waals surface area contributed by atoms with Gasteiger partial charge in [0.05, 0.1) is 44.5 Å². The summed E-state index contributed by atoms with van der Waals surface area (Å²) in [5, 5.41) is 0. The molecule has 1 aliphatic rings. The minimum atomic E-state index is -6.13. The van der Waals surface area contributed by atoms with E-state index in [-0.39, 0.29) is 17.1 Å². The number of halogens is 24. The summed E-state index contributed by atoms with van der Waals surface area (Å²) in [6, 6.07) is -8.81. The molecule has 35 heteroatoms.